The molecule has 0 saturated heterocycles. The molecule has 0 atom stereocenters. The molecule has 0 bridgehead atoms. The van der Waals surface area contributed by atoms with Gasteiger partial charge in [0.05, 0.1) is 0 Å². The third-order valence-electron chi connectivity index (χ3n) is 3.28. The van der Waals surface area contributed by atoms with Crippen LogP contribution in [0.5, 0.6) is 0 Å². The van der Waals surface area contributed by atoms with Crippen molar-refractivity contribution in [2.45, 2.75) is 33.7 Å². The molecular weight excluding hydrogens is 279 g/mol. The fourth-order valence-corrected chi connectivity index (χ4v) is 2.04. The summed E-state index contributed by atoms with van der Waals surface area (Å²) in [5.41, 5.74) is 1.47. The Morgan fingerprint density at radius 2 is 1.91 bits per heavy atom. The Labute approximate surface area is 131 Å². The molecule has 0 spiro atoms. The third kappa shape index (κ3) is 4.98. The molecule has 0 amide bonds. The molecule has 1 heterocycles. The topological polar surface area (TPSA) is 49.8 Å². The van der Waals surface area contributed by atoms with Crippen molar-refractivity contribution in [3.05, 3.63) is 47.4 Å². The van der Waals surface area contributed by atoms with Crippen molar-refractivity contribution >= 4 is 11.8 Å². The average molecular weight is 302 g/mol. The lowest BCUT2D eigenvalue weighted by molar-refractivity contribution is 0.606. The Morgan fingerprint density at radius 1 is 1.14 bits per heavy atom. The van der Waals surface area contributed by atoms with Crippen LogP contribution in [0.1, 0.15) is 31.5 Å². The van der Waals surface area contributed by atoms with Crippen LogP contribution in [0, 0.1) is 18.7 Å². The quantitative estimate of drug-likeness (QED) is 0.812. The van der Waals surface area contributed by atoms with Gasteiger partial charge in [-0.05, 0) is 25.3 Å². The largest absolute Gasteiger partial charge is 0.370 e. The predicted octanol–water partition coefficient (Wildman–Crippen LogP) is 3.99. The van der Waals surface area contributed by atoms with Gasteiger partial charge in [0, 0.05) is 30.4 Å². The normalized spacial score (nSPS) is 10.8. The van der Waals surface area contributed by atoms with Crippen molar-refractivity contribution in [1.29, 1.82) is 0 Å². The minimum atomic E-state index is -0.224. The maximum Gasteiger partial charge on any atom is 0.225 e. The minimum absolute atomic E-state index is 0.224. The lowest BCUT2D eigenvalue weighted by Crippen LogP contribution is -2.10. The molecule has 4 nitrogen and oxygen atoms in total. The number of aromatic nitrogens is 2. The monoisotopic (exact) mass is 302 g/mol. The Kier molecular flexibility index (Phi) is 5.69. The Hall–Kier alpha value is -2.17. The number of nitrogens with one attached hydrogen (secondary N) is 2. The highest BCUT2D eigenvalue weighted by atomic mass is 19.1. The molecule has 5 heteroatoms. The number of aryl methyl sites for hydroxylation is 1. The van der Waals surface area contributed by atoms with E-state index in [-0.39, 0.29) is 5.82 Å². The molecule has 0 unspecified atom stereocenters. The average Bonchev–Trinajstić information content (AvgIpc) is 2.45. The molecule has 2 N–H and O–H groups in total. The van der Waals surface area contributed by atoms with E-state index in [0.717, 1.165) is 24.5 Å². The van der Waals surface area contributed by atoms with Crippen LogP contribution in [0.25, 0.3) is 0 Å². The summed E-state index contributed by atoms with van der Waals surface area (Å²) in [5, 5.41) is 6.38. The fourth-order valence-electron chi connectivity index (χ4n) is 2.04. The van der Waals surface area contributed by atoms with Crippen LogP contribution in [-0.4, -0.2) is 16.5 Å². The third-order valence-corrected chi connectivity index (χ3v) is 3.28. The molecule has 0 radical (unpaired) electrons. The Morgan fingerprint density at radius 3 is 2.64 bits per heavy atom. The molecule has 0 aliphatic carbocycles. The van der Waals surface area contributed by atoms with Gasteiger partial charge in [-0.3, -0.25) is 0 Å². The highest BCUT2D eigenvalue weighted by Gasteiger charge is 2.05. The molecule has 0 fully saturated rings. The van der Waals surface area contributed by atoms with Crippen molar-refractivity contribution in [1.82, 2.24) is 9.97 Å². The summed E-state index contributed by atoms with van der Waals surface area (Å²) < 4.78 is 13.6. The molecule has 1 aromatic carbocycles. The van der Waals surface area contributed by atoms with Crippen molar-refractivity contribution in [3.63, 3.8) is 0 Å². The second-order valence-corrected chi connectivity index (χ2v) is 5.77. The van der Waals surface area contributed by atoms with E-state index < -0.39 is 0 Å². The van der Waals surface area contributed by atoms with Gasteiger partial charge in [0.15, 0.2) is 0 Å². The summed E-state index contributed by atoms with van der Waals surface area (Å²) in [6.07, 6.45) is 1.08. The number of halogens is 1. The summed E-state index contributed by atoms with van der Waals surface area (Å²) in [4.78, 5) is 8.76. The Balaban J connectivity index is 1.99. The maximum atomic E-state index is 13.6. The van der Waals surface area contributed by atoms with Gasteiger partial charge < -0.3 is 10.6 Å². The van der Waals surface area contributed by atoms with Crippen LogP contribution in [0.4, 0.5) is 16.2 Å². The molecule has 22 heavy (non-hydrogen) atoms. The summed E-state index contributed by atoms with van der Waals surface area (Å²) in [6, 6.07) is 8.61. The predicted molar refractivity (Wildman–Crippen MR) is 88.4 cm³/mol. The molecule has 0 aliphatic rings. The first-order valence-electron chi connectivity index (χ1n) is 7.61. The van der Waals surface area contributed by atoms with Crippen molar-refractivity contribution in [2.75, 3.05) is 17.2 Å². The van der Waals surface area contributed by atoms with E-state index in [1.54, 1.807) is 12.1 Å². The van der Waals surface area contributed by atoms with Gasteiger partial charge >= 0.3 is 0 Å². The van der Waals surface area contributed by atoms with Crippen LogP contribution in [0.2, 0.25) is 0 Å². The summed E-state index contributed by atoms with van der Waals surface area (Å²) in [7, 11) is 0. The zero-order chi connectivity index (χ0) is 15.9. The van der Waals surface area contributed by atoms with Gasteiger partial charge in [0.25, 0.3) is 0 Å². The fraction of sp³-hybridized carbons (Fsp3) is 0.412. The second-order valence-electron chi connectivity index (χ2n) is 5.77. The van der Waals surface area contributed by atoms with Crippen LogP contribution < -0.4 is 10.6 Å². The lowest BCUT2D eigenvalue weighted by Gasteiger charge is -2.11. The van der Waals surface area contributed by atoms with Gasteiger partial charge in [-0.25, -0.2) is 9.37 Å². The highest BCUT2D eigenvalue weighted by molar-refractivity contribution is 5.42. The summed E-state index contributed by atoms with van der Waals surface area (Å²) >= 11 is 0. The molecule has 1 aromatic heterocycles. The van der Waals surface area contributed by atoms with Crippen LogP contribution in [0.3, 0.4) is 0 Å². The van der Waals surface area contributed by atoms with E-state index in [4.69, 9.17) is 0 Å². The summed E-state index contributed by atoms with van der Waals surface area (Å²) in [5.74, 6) is 1.73. The van der Waals surface area contributed by atoms with Crippen LogP contribution in [-0.2, 0) is 6.54 Å². The van der Waals surface area contributed by atoms with Gasteiger partial charge in [-0.15, -0.1) is 0 Å². The zero-order valence-electron chi connectivity index (χ0n) is 13.4. The molecule has 0 aliphatic heterocycles. The van der Waals surface area contributed by atoms with E-state index in [1.165, 1.54) is 6.07 Å². The molecular formula is C17H23FN4. The Bertz CT molecular complexity index is 613. The number of hydrogen-bond donors (Lipinski definition) is 2. The van der Waals surface area contributed by atoms with E-state index in [1.807, 2.05) is 19.1 Å². The lowest BCUT2D eigenvalue weighted by atomic mass is 10.1. The smallest absolute Gasteiger partial charge is 0.225 e. The standard InChI is InChI=1S/C17H23FN4/c1-12(2)8-9-19-16-10-13(3)21-17(22-16)20-11-14-6-4-5-7-15(14)18/h4-7,10,12H,8-9,11H2,1-3H3,(H2,19,20,21,22). The first-order chi connectivity index (χ1) is 10.5. The van der Waals surface area contributed by atoms with E-state index >= 15 is 0 Å². The van der Waals surface area contributed by atoms with Crippen LogP contribution >= 0.6 is 0 Å². The number of rotatable bonds is 7. The molecule has 2 rings (SSSR count). The molecule has 0 saturated carbocycles. The number of nitrogens with zero attached hydrogens (tertiary/aromatic N) is 2. The van der Waals surface area contributed by atoms with Gasteiger partial charge in [-0.2, -0.15) is 4.98 Å². The van der Waals surface area contributed by atoms with E-state index in [0.29, 0.717) is 24.0 Å². The summed E-state index contributed by atoms with van der Waals surface area (Å²) in [6.45, 7) is 7.54. The number of hydrogen-bond acceptors (Lipinski definition) is 4. The van der Waals surface area contributed by atoms with E-state index in [9.17, 15) is 4.39 Å². The number of anilines is 2. The molecule has 118 valence electrons. The maximum absolute atomic E-state index is 13.6. The number of benzene rings is 1. The van der Waals surface area contributed by atoms with Gasteiger partial charge in [-0.1, -0.05) is 32.0 Å². The minimum Gasteiger partial charge on any atom is -0.370 e. The first-order valence-corrected chi connectivity index (χ1v) is 7.61. The van der Waals surface area contributed by atoms with Gasteiger partial charge in [0.1, 0.15) is 11.6 Å². The highest BCUT2D eigenvalue weighted by Crippen LogP contribution is 2.13. The van der Waals surface area contributed by atoms with Crippen LogP contribution in [0.15, 0.2) is 30.3 Å². The van der Waals surface area contributed by atoms with E-state index in [2.05, 4.69) is 34.4 Å². The van der Waals surface area contributed by atoms with Crippen molar-refractivity contribution < 1.29 is 4.39 Å². The molecule has 2 aromatic rings. The van der Waals surface area contributed by atoms with Crippen molar-refractivity contribution in [2.24, 2.45) is 5.92 Å². The van der Waals surface area contributed by atoms with Gasteiger partial charge in [0.2, 0.25) is 5.95 Å². The first kappa shape index (κ1) is 16.2. The SMILES string of the molecule is Cc1cc(NCCC(C)C)nc(NCc2ccccc2F)n1. The zero-order valence-corrected chi connectivity index (χ0v) is 13.4. The second kappa shape index (κ2) is 7.73. The van der Waals surface area contributed by atoms with Crippen molar-refractivity contribution in [3.8, 4) is 0 Å².